The van der Waals surface area contributed by atoms with Crippen LogP contribution < -0.4 is 19.5 Å². The van der Waals surface area contributed by atoms with Gasteiger partial charge in [-0.2, -0.15) is 0 Å². The van der Waals surface area contributed by atoms with Crippen LogP contribution >= 0.6 is 0 Å². The molecule has 0 fully saturated rings. The minimum Gasteiger partial charge on any atom is -0.484 e. The first-order valence-corrected chi connectivity index (χ1v) is 9.08. The maximum atomic E-state index is 14.0. The van der Waals surface area contributed by atoms with E-state index in [0.29, 0.717) is 35.7 Å². The monoisotopic (exact) mass is 384 g/mol. The molecule has 1 amide bonds. The first-order valence-electron chi connectivity index (χ1n) is 9.08. The fourth-order valence-electron chi connectivity index (χ4n) is 3.45. The molecule has 0 saturated heterocycles. The maximum absolute atomic E-state index is 14.0. The lowest BCUT2D eigenvalue weighted by molar-refractivity contribution is -0.123. The van der Waals surface area contributed by atoms with Gasteiger partial charge in [-0.3, -0.25) is 4.79 Å². The molecule has 146 valence electrons. The zero-order chi connectivity index (χ0) is 19.7. The molecule has 28 heavy (non-hydrogen) atoms. The van der Waals surface area contributed by atoms with Crippen LogP contribution in [0.4, 0.5) is 4.39 Å². The number of carbonyl (C=O) groups excluding carboxylic acids is 1. The van der Waals surface area contributed by atoms with Crippen LogP contribution in [0.3, 0.4) is 0 Å². The van der Waals surface area contributed by atoms with Gasteiger partial charge >= 0.3 is 0 Å². The van der Waals surface area contributed by atoms with E-state index >= 15 is 0 Å². The predicted octanol–water partition coefficient (Wildman–Crippen LogP) is 3.39. The highest BCUT2D eigenvalue weighted by molar-refractivity contribution is 5.88. The van der Waals surface area contributed by atoms with Gasteiger partial charge in [0.15, 0.2) is 18.1 Å². The number of benzene rings is 2. The Kier molecular flexibility index (Phi) is 4.81. The number of carbonyl (C=O) groups is 1. The van der Waals surface area contributed by atoms with Gasteiger partial charge in [0.2, 0.25) is 6.79 Å². The molecule has 4 rings (SSSR count). The summed E-state index contributed by atoms with van der Waals surface area (Å²) in [4.78, 5) is 15.2. The van der Waals surface area contributed by atoms with Gasteiger partial charge in [0.25, 0.3) is 5.91 Å². The Labute approximate surface area is 161 Å². The minimum absolute atomic E-state index is 0.0971. The summed E-state index contributed by atoms with van der Waals surface area (Å²) < 4.78 is 30.1. The first-order chi connectivity index (χ1) is 13.5. The molecule has 0 unspecified atom stereocenters. The molecule has 0 radical (unpaired) electrons. The van der Waals surface area contributed by atoms with E-state index in [1.807, 2.05) is 13.8 Å². The summed E-state index contributed by atoms with van der Waals surface area (Å²) in [5.41, 5.74) is 3.45. The van der Waals surface area contributed by atoms with E-state index in [2.05, 4.69) is 10.3 Å². The van der Waals surface area contributed by atoms with E-state index in [9.17, 15) is 9.18 Å². The Hall–Kier alpha value is -3.22. The number of halogens is 1. The third-order valence-corrected chi connectivity index (χ3v) is 4.84. The third-order valence-electron chi connectivity index (χ3n) is 4.84. The highest BCUT2D eigenvalue weighted by Gasteiger charge is 2.15. The predicted molar refractivity (Wildman–Crippen MR) is 103 cm³/mol. The van der Waals surface area contributed by atoms with Crippen LogP contribution in [0.2, 0.25) is 0 Å². The summed E-state index contributed by atoms with van der Waals surface area (Å²) in [5.74, 6) is 1.32. The summed E-state index contributed by atoms with van der Waals surface area (Å²) in [6.07, 6.45) is 0.603. The van der Waals surface area contributed by atoms with Gasteiger partial charge in [0.1, 0.15) is 11.6 Å². The van der Waals surface area contributed by atoms with Crippen LogP contribution in [-0.2, 0) is 11.2 Å². The molecule has 1 aliphatic heterocycles. The number of hydrogen-bond acceptors (Lipinski definition) is 4. The van der Waals surface area contributed by atoms with Gasteiger partial charge in [-0.25, -0.2) is 4.39 Å². The highest BCUT2D eigenvalue weighted by atomic mass is 19.1. The zero-order valence-electron chi connectivity index (χ0n) is 15.7. The van der Waals surface area contributed by atoms with E-state index in [0.717, 1.165) is 22.2 Å². The van der Waals surface area contributed by atoms with Crippen LogP contribution in [0.15, 0.2) is 30.3 Å². The number of aryl methyl sites for hydroxylation is 2. The highest BCUT2D eigenvalue weighted by Crippen LogP contribution is 2.35. The fraction of sp³-hybridized carbons (Fsp3) is 0.286. The average molecular weight is 384 g/mol. The van der Waals surface area contributed by atoms with Crippen molar-refractivity contribution in [1.29, 1.82) is 0 Å². The van der Waals surface area contributed by atoms with Gasteiger partial charge in [-0.05, 0) is 49.6 Å². The number of nitrogens with one attached hydrogen (secondary N) is 2. The zero-order valence-corrected chi connectivity index (χ0v) is 15.7. The number of amides is 1. The number of fused-ring (bicyclic) bond motifs is 2. The van der Waals surface area contributed by atoms with Crippen molar-refractivity contribution < 1.29 is 23.4 Å². The molecule has 2 N–H and O–H groups in total. The van der Waals surface area contributed by atoms with Crippen LogP contribution in [0, 0.1) is 19.7 Å². The lowest BCUT2D eigenvalue weighted by Gasteiger charge is -2.09. The molecule has 6 nitrogen and oxygen atoms in total. The number of aromatic amines is 1. The fourth-order valence-corrected chi connectivity index (χ4v) is 3.45. The molecule has 0 spiro atoms. The Bertz CT molecular complexity index is 1040. The minimum atomic E-state index is -0.267. The van der Waals surface area contributed by atoms with Crippen LogP contribution in [0.25, 0.3) is 10.9 Å². The van der Waals surface area contributed by atoms with E-state index in [1.165, 1.54) is 6.07 Å². The number of aromatic nitrogens is 1. The van der Waals surface area contributed by atoms with Gasteiger partial charge in [0, 0.05) is 23.7 Å². The molecule has 0 aliphatic carbocycles. The molecule has 0 atom stereocenters. The quantitative estimate of drug-likeness (QED) is 0.683. The summed E-state index contributed by atoms with van der Waals surface area (Å²) in [6, 6.07) is 8.41. The van der Waals surface area contributed by atoms with Crippen molar-refractivity contribution in [3.8, 4) is 17.2 Å². The molecule has 3 aromatic rings. The molecule has 2 heterocycles. The van der Waals surface area contributed by atoms with Gasteiger partial charge in [0.05, 0.1) is 5.52 Å². The lowest BCUT2D eigenvalue weighted by Crippen LogP contribution is -2.30. The third kappa shape index (κ3) is 3.47. The van der Waals surface area contributed by atoms with Gasteiger partial charge in [-0.15, -0.1) is 0 Å². The molecule has 1 aromatic heterocycles. The van der Waals surface area contributed by atoms with Crippen molar-refractivity contribution in [3.05, 3.63) is 53.0 Å². The van der Waals surface area contributed by atoms with Crippen molar-refractivity contribution in [2.24, 2.45) is 0 Å². The van der Waals surface area contributed by atoms with Gasteiger partial charge in [-0.1, -0.05) is 6.07 Å². The molecular weight excluding hydrogens is 363 g/mol. The number of rotatable bonds is 6. The smallest absolute Gasteiger partial charge is 0.257 e. The Balaban J connectivity index is 1.33. The van der Waals surface area contributed by atoms with Crippen molar-refractivity contribution in [2.75, 3.05) is 19.9 Å². The Morgan fingerprint density at radius 1 is 1.21 bits per heavy atom. The van der Waals surface area contributed by atoms with Gasteiger partial charge < -0.3 is 24.5 Å². The molecule has 7 heteroatoms. The van der Waals surface area contributed by atoms with Crippen molar-refractivity contribution in [2.45, 2.75) is 20.3 Å². The number of H-pyrrole nitrogens is 1. The SMILES string of the molecule is Cc1[nH]c2c(F)ccc(C)c2c1CCNC(=O)COc1ccc2c(c1)OCO2. The first kappa shape index (κ1) is 18.2. The second-order valence-electron chi connectivity index (χ2n) is 6.75. The normalized spacial score (nSPS) is 12.4. The van der Waals surface area contributed by atoms with Crippen LogP contribution in [0.5, 0.6) is 17.2 Å². The topological polar surface area (TPSA) is 72.6 Å². The average Bonchev–Trinajstić information content (AvgIpc) is 3.28. The Morgan fingerprint density at radius 3 is 2.89 bits per heavy atom. The molecule has 1 aliphatic rings. The second-order valence-corrected chi connectivity index (χ2v) is 6.75. The van der Waals surface area contributed by atoms with E-state index in [-0.39, 0.29) is 25.1 Å². The summed E-state index contributed by atoms with van der Waals surface area (Å²) >= 11 is 0. The number of hydrogen-bond donors (Lipinski definition) is 2. The van der Waals surface area contributed by atoms with E-state index < -0.39 is 0 Å². The maximum Gasteiger partial charge on any atom is 0.257 e. The second kappa shape index (κ2) is 7.42. The molecule has 0 saturated carbocycles. The van der Waals surface area contributed by atoms with Crippen LogP contribution in [-0.4, -0.2) is 30.8 Å². The van der Waals surface area contributed by atoms with E-state index in [1.54, 1.807) is 24.3 Å². The lowest BCUT2D eigenvalue weighted by atomic mass is 10.0. The summed E-state index contributed by atoms with van der Waals surface area (Å²) in [7, 11) is 0. The van der Waals surface area contributed by atoms with Crippen molar-refractivity contribution >= 4 is 16.8 Å². The molecular formula is C21H21FN2O4. The molecule has 2 aromatic carbocycles. The van der Waals surface area contributed by atoms with Crippen LogP contribution in [0.1, 0.15) is 16.8 Å². The van der Waals surface area contributed by atoms with Crippen molar-refractivity contribution in [1.82, 2.24) is 10.3 Å². The van der Waals surface area contributed by atoms with E-state index in [4.69, 9.17) is 14.2 Å². The van der Waals surface area contributed by atoms with Crippen molar-refractivity contribution in [3.63, 3.8) is 0 Å². The Morgan fingerprint density at radius 2 is 2.04 bits per heavy atom. The number of ether oxygens (including phenoxy) is 3. The summed E-state index contributed by atoms with van der Waals surface area (Å²) in [5, 5.41) is 3.73. The largest absolute Gasteiger partial charge is 0.484 e. The standard InChI is InChI=1S/C21H21FN2O4/c1-12-3-5-16(22)21-20(12)15(13(2)24-21)7-8-23-19(25)10-26-14-4-6-17-18(9-14)28-11-27-17/h3-6,9,24H,7-8,10-11H2,1-2H3,(H,23,25). The summed E-state index contributed by atoms with van der Waals surface area (Å²) in [6.45, 7) is 4.40. The molecule has 0 bridgehead atoms.